The number of nitrogens with zero attached hydrogens (tertiary/aromatic N) is 6. The number of hydrogen-bond donors (Lipinski definition) is 0. The summed E-state index contributed by atoms with van der Waals surface area (Å²) in [5.74, 6) is 0. The summed E-state index contributed by atoms with van der Waals surface area (Å²) in [6.45, 7) is 28.5. The van der Waals surface area contributed by atoms with Crippen LogP contribution in [0.2, 0.25) is 0 Å². The Bertz CT molecular complexity index is 106. The van der Waals surface area contributed by atoms with Crippen molar-refractivity contribution in [2.75, 3.05) is 0 Å². The van der Waals surface area contributed by atoms with Crippen LogP contribution in [0.5, 0.6) is 0 Å². The van der Waals surface area contributed by atoms with Gasteiger partial charge in [0.25, 0.3) is 0 Å². The molecule has 0 saturated heterocycles. The smallest absolute Gasteiger partial charge is 0.512 e. The third-order valence-electron chi connectivity index (χ3n) is 0. The van der Waals surface area contributed by atoms with Gasteiger partial charge in [-0.1, -0.05) is 0 Å². The fourth-order valence-corrected chi connectivity index (χ4v) is 0. The molecule has 0 aliphatic heterocycles. The third kappa shape index (κ3) is 5320000. The van der Waals surface area contributed by atoms with Crippen molar-refractivity contribution in [3.63, 3.8) is 0 Å². The SMILES string of the molecule is [C-]#N.[C-]#N.[C-]#N.[C-]#N.[C-]#N.[C-]#N.[Fe+2].[Mn+2].[Na+].[Na+]. The van der Waals surface area contributed by atoms with E-state index in [-0.39, 0.29) is 93.3 Å². The molecule has 0 aliphatic rings. The van der Waals surface area contributed by atoms with Crippen LogP contribution in [0, 0.1) is 71.0 Å². The van der Waals surface area contributed by atoms with E-state index in [1.165, 1.54) is 0 Å². The Morgan fingerprint density at radius 2 is 0.375 bits per heavy atom. The van der Waals surface area contributed by atoms with Gasteiger partial charge in [0.1, 0.15) is 0 Å². The Kier molecular flexibility index (Phi) is 41400000. The predicted molar refractivity (Wildman–Crippen MR) is 29.8 cm³/mol. The van der Waals surface area contributed by atoms with E-state index in [0.717, 1.165) is 0 Å². The first kappa shape index (κ1) is 100. The van der Waals surface area contributed by atoms with E-state index in [1.54, 1.807) is 0 Å². The molecule has 0 N–H and O–H groups in total. The molecule has 0 aromatic rings. The molecule has 0 heterocycles. The van der Waals surface area contributed by atoms with Crippen LogP contribution < -0.4 is 59.1 Å². The van der Waals surface area contributed by atoms with Crippen molar-refractivity contribution in [2.24, 2.45) is 0 Å². The zero-order valence-electron chi connectivity index (χ0n) is 8.41. The first-order valence-electron chi connectivity index (χ1n) is 1.34. The summed E-state index contributed by atoms with van der Waals surface area (Å²) in [5.41, 5.74) is 0. The van der Waals surface area contributed by atoms with Gasteiger partial charge in [-0.15, -0.1) is 0 Å². The van der Waals surface area contributed by atoms with Gasteiger partial charge in [-0.3, -0.25) is 0 Å². The second-order valence-corrected chi connectivity index (χ2v) is 0. The average Bonchev–Trinajstić information content (AvgIpc) is 2.33. The molecule has 16 heavy (non-hydrogen) atoms. The molecule has 0 rings (SSSR count). The molecule has 0 spiro atoms. The van der Waals surface area contributed by atoms with Gasteiger partial charge < -0.3 is 71.0 Å². The van der Waals surface area contributed by atoms with E-state index in [2.05, 4.69) is 0 Å². The number of hydrogen-bond acceptors (Lipinski definition) is 6. The van der Waals surface area contributed by atoms with Crippen molar-refractivity contribution in [1.29, 1.82) is 31.6 Å². The van der Waals surface area contributed by atoms with Crippen LogP contribution in [0.4, 0.5) is 0 Å². The first-order chi connectivity index (χ1) is 6.00. The maximum absolute atomic E-state index is 6.25. The molecule has 0 fully saturated rings. The minimum atomic E-state index is 0. The zero-order valence-corrected chi connectivity index (χ0v) is 14.7. The van der Waals surface area contributed by atoms with E-state index in [4.69, 9.17) is 71.0 Å². The average molecular weight is 313 g/mol. The minimum Gasteiger partial charge on any atom is -0.512 e. The monoisotopic (exact) mass is 313 g/mol. The van der Waals surface area contributed by atoms with Gasteiger partial charge in [-0.25, -0.2) is 0 Å². The Hall–Kier alpha value is -0.0210. The molecule has 1 radical (unpaired) electrons. The Morgan fingerprint density at radius 1 is 0.375 bits per heavy atom. The van der Waals surface area contributed by atoms with Gasteiger partial charge in [0.15, 0.2) is 0 Å². The van der Waals surface area contributed by atoms with Crippen molar-refractivity contribution < 1.29 is 93.3 Å². The molecule has 71 valence electrons. The summed E-state index contributed by atoms with van der Waals surface area (Å²) < 4.78 is 0. The zero-order chi connectivity index (χ0) is 12.0. The van der Waals surface area contributed by atoms with Crippen LogP contribution >= 0.6 is 0 Å². The van der Waals surface area contributed by atoms with Gasteiger partial charge in [0.2, 0.25) is 0 Å². The largest absolute Gasteiger partial charge is 2.00 e. The van der Waals surface area contributed by atoms with E-state index < -0.39 is 0 Å². The maximum atomic E-state index is 6.25. The second-order valence-electron chi connectivity index (χ2n) is 0. The van der Waals surface area contributed by atoms with Gasteiger partial charge in [0, 0.05) is 0 Å². The molecule has 10 heteroatoms. The van der Waals surface area contributed by atoms with E-state index in [9.17, 15) is 0 Å². The van der Waals surface area contributed by atoms with E-state index >= 15 is 0 Å². The van der Waals surface area contributed by atoms with Crippen molar-refractivity contribution in [3.05, 3.63) is 39.4 Å². The van der Waals surface area contributed by atoms with Crippen molar-refractivity contribution in [2.45, 2.75) is 0 Å². The summed E-state index contributed by atoms with van der Waals surface area (Å²) in [6.07, 6.45) is 0. The van der Waals surface area contributed by atoms with Gasteiger partial charge in [-0.05, 0) is 0 Å². The van der Waals surface area contributed by atoms with Crippen molar-refractivity contribution in [3.8, 4) is 0 Å². The molecule has 0 saturated carbocycles. The Morgan fingerprint density at radius 3 is 0.375 bits per heavy atom. The number of rotatable bonds is 0. The summed E-state index contributed by atoms with van der Waals surface area (Å²) in [4.78, 5) is 0. The molecule has 0 aromatic heterocycles. The topological polar surface area (TPSA) is 143 Å². The summed E-state index contributed by atoms with van der Waals surface area (Å²) >= 11 is 0. The second kappa shape index (κ2) is 6610000. The van der Waals surface area contributed by atoms with Crippen LogP contribution in [-0.2, 0) is 34.1 Å². The van der Waals surface area contributed by atoms with Gasteiger partial charge in [-0.2, -0.15) is 0 Å². The standard InChI is InChI=1S/6CN.Fe.Mn.2Na/c6*1-2;;;;/q6*-1;2*+2;2*+1. The van der Waals surface area contributed by atoms with Crippen LogP contribution in [-0.4, -0.2) is 0 Å². The predicted octanol–water partition coefficient (Wildman–Crippen LogP) is -5.42. The van der Waals surface area contributed by atoms with Crippen molar-refractivity contribution >= 4 is 0 Å². The fraction of sp³-hybridized carbons (Fsp3) is 0. The molecule has 0 amide bonds. The van der Waals surface area contributed by atoms with Gasteiger partial charge >= 0.3 is 93.3 Å². The van der Waals surface area contributed by atoms with Crippen LogP contribution in [0.15, 0.2) is 0 Å². The summed E-state index contributed by atoms with van der Waals surface area (Å²) in [6, 6.07) is 0. The minimum absolute atomic E-state index is 0. The first-order valence-corrected chi connectivity index (χ1v) is 1.34. The Balaban J connectivity index is -0.00000000321. The summed E-state index contributed by atoms with van der Waals surface area (Å²) in [7, 11) is 0. The third-order valence-corrected chi connectivity index (χ3v) is 0. The normalized spacial score (nSPS) is 0.750. The maximum Gasteiger partial charge on any atom is 2.00 e. The molecule has 6 nitrogen and oxygen atoms in total. The van der Waals surface area contributed by atoms with Crippen molar-refractivity contribution in [1.82, 2.24) is 0 Å². The summed E-state index contributed by atoms with van der Waals surface area (Å²) in [5, 5.41) is 37.5. The van der Waals surface area contributed by atoms with Crippen LogP contribution in [0.3, 0.4) is 0 Å². The molecule has 0 aliphatic carbocycles. The molecule has 0 unspecified atom stereocenters. The van der Waals surface area contributed by atoms with Crippen LogP contribution in [0.25, 0.3) is 0 Å². The fourth-order valence-electron chi connectivity index (χ4n) is 0. The van der Waals surface area contributed by atoms with Gasteiger partial charge in [0.05, 0.1) is 0 Å². The molecule has 0 aromatic carbocycles. The molecular formula is C6FeMnN6Na2. The molecule has 0 bridgehead atoms. The molecular weight excluding hydrogens is 313 g/mol. The molecule has 0 atom stereocenters. The van der Waals surface area contributed by atoms with E-state index in [1.807, 2.05) is 0 Å². The van der Waals surface area contributed by atoms with E-state index in [0.29, 0.717) is 0 Å². The quantitative estimate of drug-likeness (QED) is 0.322. The Labute approximate surface area is 162 Å². The van der Waals surface area contributed by atoms with Crippen LogP contribution in [0.1, 0.15) is 0 Å².